The molecule has 1 heterocycles. The molecule has 0 bridgehead atoms. The lowest BCUT2D eigenvalue weighted by Crippen LogP contribution is -1.99. The maximum atomic E-state index is 8.90. The van der Waals surface area contributed by atoms with Crippen molar-refractivity contribution in [3.05, 3.63) is 51.9 Å². The van der Waals surface area contributed by atoms with Crippen LogP contribution in [0.4, 0.5) is 5.69 Å². The predicted octanol–water partition coefficient (Wildman–Crippen LogP) is 3.45. The number of rotatable bonds is 4. The van der Waals surface area contributed by atoms with E-state index in [4.69, 9.17) is 9.52 Å². The Morgan fingerprint density at radius 1 is 1.24 bits per heavy atom. The van der Waals surface area contributed by atoms with E-state index in [9.17, 15) is 0 Å². The fourth-order valence-corrected chi connectivity index (χ4v) is 1.97. The number of aliphatic hydroxyl groups excluding tert-OH is 1. The van der Waals surface area contributed by atoms with E-state index in [1.807, 2.05) is 31.2 Å². The zero-order valence-electron chi connectivity index (χ0n) is 9.53. The smallest absolute Gasteiger partial charge is 0.129 e. The number of hydrogen-bond donors (Lipinski definition) is 2. The third-order valence-electron chi connectivity index (χ3n) is 2.52. The summed E-state index contributed by atoms with van der Waals surface area (Å²) in [4.78, 5) is 0. The van der Waals surface area contributed by atoms with Gasteiger partial charge in [0.25, 0.3) is 0 Å². The molecule has 0 unspecified atom stereocenters. The van der Waals surface area contributed by atoms with Crippen molar-refractivity contribution < 1.29 is 9.52 Å². The molecule has 1 aromatic carbocycles. The Kier molecular flexibility index (Phi) is 3.86. The lowest BCUT2D eigenvalue weighted by Gasteiger charge is -2.08. The van der Waals surface area contributed by atoms with Gasteiger partial charge in [-0.3, -0.25) is 0 Å². The highest BCUT2D eigenvalue weighted by atomic mass is 79.9. The quantitative estimate of drug-likeness (QED) is 0.908. The van der Waals surface area contributed by atoms with E-state index in [-0.39, 0.29) is 6.61 Å². The topological polar surface area (TPSA) is 45.4 Å². The molecule has 90 valence electrons. The largest absolute Gasteiger partial charge is 0.462 e. The highest BCUT2D eigenvalue weighted by Crippen LogP contribution is 2.26. The van der Waals surface area contributed by atoms with Gasteiger partial charge in [0.05, 0.1) is 6.54 Å². The summed E-state index contributed by atoms with van der Waals surface area (Å²) in [5.41, 5.74) is 2.22. The average Bonchev–Trinajstić information content (AvgIpc) is 2.79. The second kappa shape index (κ2) is 5.38. The minimum Gasteiger partial charge on any atom is -0.462 e. The summed E-state index contributed by atoms with van der Waals surface area (Å²) in [6.07, 6.45) is 0. The second-order valence-electron chi connectivity index (χ2n) is 3.82. The molecule has 0 radical (unpaired) electrons. The Hall–Kier alpha value is -1.26. The van der Waals surface area contributed by atoms with Crippen molar-refractivity contribution in [3.8, 4) is 0 Å². The van der Waals surface area contributed by atoms with Crippen molar-refractivity contribution in [2.75, 3.05) is 5.32 Å². The van der Waals surface area contributed by atoms with Gasteiger partial charge < -0.3 is 14.8 Å². The van der Waals surface area contributed by atoms with Gasteiger partial charge in [-0.15, -0.1) is 0 Å². The molecule has 0 aliphatic carbocycles. The predicted molar refractivity (Wildman–Crippen MR) is 70.8 cm³/mol. The van der Waals surface area contributed by atoms with E-state index < -0.39 is 0 Å². The first kappa shape index (κ1) is 12.2. The Balaban J connectivity index is 2.04. The van der Waals surface area contributed by atoms with Gasteiger partial charge in [-0.05, 0) is 46.6 Å². The molecule has 3 nitrogen and oxygen atoms in total. The summed E-state index contributed by atoms with van der Waals surface area (Å²) in [7, 11) is 0. The number of aliphatic hydroxyl groups is 1. The molecular weight excluding hydrogens is 282 g/mol. The van der Waals surface area contributed by atoms with Gasteiger partial charge in [-0.2, -0.15) is 0 Å². The minimum absolute atomic E-state index is 0.0614. The standard InChI is InChI=1S/C13H14BrNO2/c1-9-3-2-4-12(13(9)14)15-7-10-5-6-11(8-16)17-10/h2-6,15-16H,7-8H2,1H3. The van der Waals surface area contributed by atoms with Gasteiger partial charge in [0, 0.05) is 10.2 Å². The van der Waals surface area contributed by atoms with E-state index in [1.54, 1.807) is 6.07 Å². The molecule has 0 aliphatic heterocycles. The monoisotopic (exact) mass is 295 g/mol. The number of nitrogens with one attached hydrogen (secondary N) is 1. The Morgan fingerprint density at radius 2 is 2.00 bits per heavy atom. The van der Waals surface area contributed by atoms with Crippen molar-refractivity contribution in [3.63, 3.8) is 0 Å². The number of hydrogen-bond acceptors (Lipinski definition) is 3. The van der Waals surface area contributed by atoms with Gasteiger partial charge in [0.15, 0.2) is 0 Å². The van der Waals surface area contributed by atoms with E-state index >= 15 is 0 Å². The molecule has 4 heteroatoms. The summed E-state index contributed by atoms with van der Waals surface area (Å²) in [6.45, 7) is 2.59. The van der Waals surface area contributed by atoms with Crippen LogP contribution in [0.5, 0.6) is 0 Å². The van der Waals surface area contributed by atoms with Crippen LogP contribution in [0.25, 0.3) is 0 Å². The van der Waals surface area contributed by atoms with E-state index in [1.165, 1.54) is 5.56 Å². The van der Waals surface area contributed by atoms with Gasteiger partial charge in [-0.1, -0.05) is 12.1 Å². The van der Waals surface area contributed by atoms with Crippen LogP contribution in [0, 0.1) is 6.92 Å². The van der Waals surface area contributed by atoms with Crippen LogP contribution in [0.15, 0.2) is 39.2 Å². The Morgan fingerprint density at radius 3 is 2.71 bits per heavy atom. The van der Waals surface area contributed by atoms with Crippen LogP contribution in [-0.4, -0.2) is 5.11 Å². The molecule has 0 saturated heterocycles. The van der Waals surface area contributed by atoms with Gasteiger partial charge in [0.2, 0.25) is 0 Å². The average molecular weight is 296 g/mol. The third-order valence-corrected chi connectivity index (χ3v) is 3.57. The molecule has 0 aliphatic rings. The molecule has 1 aromatic heterocycles. The van der Waals surface area contributed by atoms with Crippen LogP contribution in [0.2, 0.25) is 0 Å². The van der Waals surface area contributed by atoms with E-state index in [0.29, 0.717) is 12.3 Å². The van der Waals surface area contributed by atoms with Crippen molar-refractivity contribution in [1.82, 2.24) is 0 Å². The highest BCUT2D eigenvalue weighted by molar-refractivity contribution is 9.10. The zero-order chi connectivity index (χ0) is 12.3. The summed E-state index contributed by atoms with van der Waals surface area (Å²) in [5.74, 6) is 1.40. The molecule has 0 spiro atoms. The molecule has 2 rings (SSSR count). The van der Waals surface area contributed by atoms with Crippen molar-refractivity contribution in [2.24, 2.45) is 0 Å². The Bertz CT molecular complexity index is 508. The number of anilines is 1. The second-order valence-corrected chi connectivity index (χ2v) is 4.61. The minimum atomic E-state index is -0.0614. The molecule has 2 aromatic rings. The number of halogens is 1. The lowest BCUT2D eigenvalue weighted by molar-refractivity contribution is 0.244. The van der Waals surface area contributed by atoms with E-state index in [0.717, 1.165) is 15.9 Å². The molecule has 0 amide bonds. The SMILES string of the molecule is Cc1cccc(NCc2ccc(CO)o2)c1Br. The fourth-order valence-electron chi connectivity index (χ4n) is 1.57. The molecule has 0 saturated carbocycles. The van der Waals surface area contributed by atoms with Crippen molar-refractivity contribution in [1.29, 1.82) is 0 Å². The molecular formula is C13H14BrNO2. The van der Waals surface area contributed by atoms with Crippen molar-refractivity contribution >= 4 is 21.6 Å². The first-order chi connectivity index (χ1) is 8.20. The molecule has 0 fully saturated rings. The Labute approximate surface area is 109 Å². The third kappa shape index (κ3) is 2.90. The van der Waals surface area contributed by atoms with Gasteiger partial charge in [-0.25, -0.2) is 0 Å². The lowest BCUT2D eigenvalue weighted by atomic mass is 10.2. The van der Waals surface area contributed by atoms with Crippen LogP contribution < -0.4 is 5.32 Å². The summed E-state index contributed by atoms with van der Waals surface area (Å²) < 4.78 is 6.46. The summed E-state index contributed by atoms with van der Waals surface area (Å²) in [6, 6.07) is 9.70. The maximum Gasteiger partial charge on any atom is 0.129 e. The van der Waals surface area contributed by atoms with Crippen molar-refractivity contribution in [2.45, 2.75) is 20.1 Å². The molecule has 2 N–H and O–H groups in total. The highest BCUT2D eigenvalue weighted by Gasteiger charge is 2.04. The molecule has 17 heavy (non-hydrogen) atoms. The van der Waals surface area contributed by atoms with Gasteiger partial charge in [0.1, 0.15) is 18.1 Å². The summed E-state index contributed by atoms with van der Waals surface area (Å²) in [5, 5.41) is 12.2. The van der Waals surface area contributed by atoms with Gasteiger partial charge >= 0.3 is 0 Å². The van der Waals surface area contributed by atoms with Crippen LogP contribution >= 0.6 is 15.9 Å². The van der Waals surface area contributed by atoms with Crippen LogP contribution in [0.1, 0.15) is 17.1 Å². The van der Waals surface area contributed by atoms with Crippen LogP contribution in [0.3, 0.4) is 0 Å². The van der Waals surface area contributed by atoms with Crippen LogP contribution in [-0.2, 0) is 13.2 Å². The number of furan rings is 1. The van der Waals surface area contributed by atoms with E-state index in [2.05, 4.69) is 21.2 Å². The number of benzene rings is 1. The zero-order valence-corrected chi connectivity index (χ0v) is 11.1. The maximum absolute atomic E-state index is 8.90. The first-order valence-electron chi connectivity index (χ1n) is 5.38. The first-order valence-corrected chi connectivity index (χ1v) is 6.17. The fraction of sp³-hybridized carbons (Fsp3) is 0.231. The number of aryl methyl sites for hydroxylation is 1. The molecule has 0 atom stereocenters. The summed E-state index contributed by atoms with van der Waals surface area (Å²) >= 11 is 3.54. The normalized spacial score (nSPS) is 10.5.